The lowest BCUT2D eigenvalue weighted by Crippen LogP contribution is -2.15. The molecule has 0 saturated heterocycles. The van der Waals surface area contributed by atoms with E-state index in [4.69, 9.17) is 15.0 Å². The van der Waals surface area contributed by atoms with Gasteiger partial charge >= 0.3 is 5.97 Å². The molecule has 116 valence electrons. The zero-order valence-electron chi connectivity index (χ0n) is 12.5. The molecule has 0 aliphatic heterocycles. The Hall–Kier alpha value is -2.76. The Balaban J connectivity index is 1.90. The van der Waals surface area contributed by atoms with E-state index in [9.17, 15) is 4.79 Å². The summed E-state index contributed by atoms with van der Waals surface area (Å²) in [7, 11) is 1.30. The van der Waals surface area contributed by atoms with Gasteiger partial charge in [-0.3, -0.25) is 0 Å². The van der Waals surface area contributed by atoms with Crippen LogP contribution < -0.4 is 5.73 Å². The Kier molecular flexibility index (Phi) is 5.19. The van der Waals surface area contributed by atoms with E-state index in [1.54, 1.807) is 13.0 Å². The first-order chi connectivity index (χ1) is 10.6. The van der Waals surface area contributed by atoms with Gasteiger partial charge in [0.25, 0.3) is 0 Å². The van der Waals surface area contributed by atoms with Gasteiger partial charge in [0, 0.05) is 12.0 Å². The molecule has 6 nitrogen and oxygen atoms in total. The SMILES string of the molecule is COC(=O)c1oc(CO/N=C(/N)Cc2ccccc2)cc1C. The van der Waals surface area contributed by atoms with Crippen LogP contribution in [0.5, 0.6) is 0 Å². The summed E-state index contributed by atoms with van der Waals surface area (Å²) in [6.07, 6.45) is 0.505. The Morgan fingerprint density at radius 2 is 2.05 bits per heavy atom. The number of nitrogens with two attached hydrogens (primary N) is 1. The lowest BCUT2D eigenvalue weighted by Gasteiger charge is -2.01. The van der Waals surface area contributed by atoms with Crippen molar-refractivity contribution in [2.24, 2.45) is 10.9 Å². The normalized spacial score (nSPS) is 11.3. The molecule has 0 bridgehead atoms. The van der Waals surface area contributed by atoms with Crippen molar-refractivity contribution in [1.82, 2.24) is 0 Å². The molecule has 0 radical (unpaired) electrons. The Morgan fingerprint density at radius 3 is 2.73 bits per heavy atom. The number of carbonyl (C=O) groups is 1. The summed E-state index contributed by atoms with van der Waals surface area (Å²) >= 11 is 0. The van der Waals surface area contributed by atoms with E-state index < -0.39 is 5.97 Å². The van der Waals surface area contributed by atoms with Crippen LogP contribution in [-0.4, -0.2) is 18.9 Å². The summed E-state index contributed by atoms with van der Waals surface area (Å²) in [6.45, 7) is 1.85. The molecular weight excluding hydrogens is 284 g/mol. The average molecular weight is 302 g/mol. The van der Waals surface area contributed by atoms with Gasteiger partial charge in [0.15, 0.2) is 6.61 Å². The monoisotopic (exact) mass is 302 g/mol. The maximum Gasteiger partial charge on any atom is 0.374 e. The zero-order chi connectivity index (χ0) is 15.9. The van der Waals surface area contributed by atoms with Gasteiger partial charge in [-0.25, -0.2) is 4.79 Å². The summed E-state index contributed by atoms with van der Waals surface area (Å²) in [6, 6.07) is 11.4. The maximum absolute atomic E-state index is 11.4. The van der Waals surface area contributed by atoms with Crippen molar-refractivity contribution in [2.75, 3.05) is 7.11 Å². The third-order valence-corrected chi connectivity index (χ3v) is 2.96. The minimum atomic E-state index is -0.518. The highest BCUT2D eigenvalue weighted by Crippen LogP contribution is 2.16. The second-order valence-corrected chi connectivity index (χ2v) is 4.73. The van der Waals surface area contributed by atoms with Crippen LogP contribution in [0.15, 0.2) is 46.0 Å². The van der Waals surface area contributed by atoms with Gasteiger partial charge in [-0.15, -0.1) is 0 Å². The van der Waals surface area contributed by atoms with Gasteiger partial charge in [-0.1, -0.05) is 35.5 Å². The van der Waals surface area contributed by atoms with Crippen LogP contribution >= 0.6 is 0 Å². The topological polar surface area (TPSA) is 87.0 Å². The molecule has 0 atom stereocenters. The van der Waals surface area contributed by atoms with Crippen molar-refractivity contribution in [3.05, 3.63) is 59.0 Å². The first-order valence-electron chi connectivity index (χ1n) is 6.76. The number of aryl methyl sites for hydroxylation is 1. The summed E-state index contributed by atoms with van der Waals surface area (Å²) in [5, 5.41) is 3.84. The van der Waals surface area contributed by atoms with Crippen molar-refractivity contribution in [3.8, 4) is 0 Å². The number of methoxy groups -OCH3 is 1. The van der Waals surface area contributed by atoms with Gasteiger partial charge in [-0.2, -0.15) is 0 Å². The molecule has 1 aromatic carbocycles. The number of benzene rings is 1. The highest BCUT2D eigenvalue weighted by atomic mass is 16.6. The van der Waals surface area contributed by atoms with E-state index in [2.05, 4.69) is 9.89 Å². The molecule has 2 N–H and O–H groups in total. The summed E-state index contributed by atoms with van der Waals surface area (Å²) in [4.78, 5) is 16.6. The molecule has 0 amide bonds. The highest BCUT2D eigenvalue weighted by molar-refractivity contribution is 5.87. The van der Waals surface area contributed by atoms with Gasteiger partial charge in [0.1, 0.15) is 11.6 Å². The molecule has 6 heteroatoms. The van der Waals surface area contributed by atoms with Crippen LogP contribution in [-0.2, 0) is 22.6 Å². The summed E-state index contributed by atoms with van der Waals surface area (Å²) in [5.74, 6) is 0.495. The predicted octanol–water partition coefficient (Wildman–Crippen LogP) is 2.41. The lowest BCUT2D eigenvalue weighted by atomic mass is 10.1. The van der Waals surface area contributed by atoms with E-state index in [1.807, 2.05) is 30.3 Å². The van der Waals surface area contributed by atoms with Crippen LogP contribution in [0.4, 0.5) is 0 Å². The average Bonchev–Trinajstić information content (AvgIpc) is 2.88. The van der Waals surface area contributed by atoms with Gasteiger partial charge < -0.3 is 19.7 Å². The fourth-order valence-corrected chi connectivity index (χ4v) is 1.93. The molecule has 1 heterocycles. The van der Waals surface area contributed by atoms with Crippen LogP contribution in [0.3, 0.4) is 0 Å². The number of esters is 1. The molecule has 0 unspecified atom stereocenters. The third kappa shape index (κ3) is 4.12. The largest absolute Gasteiger partial charge is 0.463 e. The molecule has 0 fully saturated rings. The van der Waals surface area contributed by atoms with Crippen LogP contribution in [0.2, 0.25) is 0 Å². The summed E-state index contributed by atoms with van der Waals surface area (Å²) in [5.41, 5.74) is 7.53. The summed E-state index contributed by atoms with van der Waals surface area (Å²) < 4.78 is 9.98. The number of hydrogen-bond acceptors (Lipinski definition) is 5. The smallest absolute Gasteiger partial charge is 0.374 e. The van der Waals surface area contributed by atoms with E-state index >= 15 is 0 Å². The van der Waals surface area contributed by atoms with Crippen LogP contribution in [0.25, 0.3) is 0 Å². The number of nitrogens with zero attached hydrogens (tertiary/aromatic N) is 1. The van der Waals surface area contributed by atoms with Crippen molar-refractivity contribution in [3.63, 3.8) is 0 Å². The second-order valence-electron chi connectivity index (χ2n) is 4.73. The number of ether oxygens (including phenoxy) is 1. The second kappa shape index (κ2) is 7.31. The molecule has 1 aromatic heterocycles. The fraction of sp³-hybridized carbons (Fsp3) is 0.250. The number of rotatable bonds is 6. The quantitative estimate of drug-likeness (QED) is 0.383. The zero-order valence-corrected chi connectivity index (χ0v) is 12.5. The van der Waals surface area contributed by atoms with Crippen LogP contribution in [0.1, 0.15) is 27.4 Å². The first-order valence-corrected chi connectivity index (χ1v) is 6.76. The standard InChI is InChI=1S/C16H18N2O4/c1-11-8-13(22-15(11)16(19)20-2)10-21-18-14(17)9-12-6-4-3-5-7-12/h3-8H,9-10H2,1-2H3,(H2,17,18). The van der Waals surface area contributed by atoms with Crippen molar-refractivity contribution in [1.29, 1.82) is 0 Å². The predicted molar refractivity (Wildman–Crippen MR) is 81.3 cm³/mol. The minimum absolute atomic E-state index is 0.0906. The molecule has 0 aliphatic rings. The first kappa shape index (κ1) is 15.6. The molecule has 22 heavy (non-hydrogen) atoms. The van der Waals surface area contributed by atoms with E-state index in [1.165, 1.54) is 7.11 Å². The Labute approximate surface area is 128 Å². The number of carbonyl (C=O) groups excluding carboxylic acids is 1. The number of oxime groups is 1. The van der Waals surface area contributed by atoms with E-state index in [0.29, 0.717) is 23.6 Å². The highest BCUT2D eigenvalue weighted by Gasteiger charge is 2.16. The third-order valence-electron chi connectivity index (χ3n) is 2.96. The fourth-order valence-electron chi connectivity index (χ4n) is 1.93. The van der Waals surface area contributed by atoms with Crippen molar-refractivity contribution >= 4 is 11.8 Å². The Bertz CT molecular complexity index is 662. The number of hydrogen-bond donors (Lipinski definition) is 1. The van der Waals surface area contributed by atoms with Gasteiger partial charge in [0.05, 0.1) is 7.11 Å². The minimum Gasteiger partial charge on any atom is -0.463 e. The number of furan rings is 1. The molecule has 2 rings (SSSR count). The lowest BCUT2D eigenvalue weighted by molar-refractivity contribution is 0.0552. The van der Waals surface area contributed by atoms with Crippen molar-refractivity contribution in [2.45, 2.75) is 20.0 Å². The van der Waals surface area contributed by atoms with Crippen LogP contribution in [0, 0.1) is 6.92 Å². The Morgan fingerprint density at radius 1 is 1.32 bits per heavy atom. The molecule has 0 aliphatic carbocycles. The van der Waals surface area contributed by atoms with Crippen molar-refractivity contribution < 1.29 is 18.8 Å². The molecule has 0 saturated carbocycles. The molecule has 0 spiro atoms. The number of amidine groups is 1. The molecular formula is C16H18N2O4. The maximum atomic E-state index is 11.4. The van der Waals surface area contributed by atoms with Gasteiger partial charge in [0.2, 0.25) is 5.76 Å². The van der Waals surface area contributed by atoms with E-state index in [0.717, 1.165) is 5.56 Å². The van der Waals surface area contributed by atoms with E-state index in [-0.39, 0.29) is 12.4 Å². The molecule has 2 aromatic rings. The van der Waals surface area contributed by atoms with Gasteiger partial charge in [-0.05, 0) is 18.6 Å².